The molecule has 0 heterocycles. The van der Waals surface area contributed by atoms with Gasteiger partial charge in [-0.2, -0.15) is 0 Å². The first-order chi connectivity index (χ1) is 5.52. The maximum Gasteiger partial charge on any atom is 0.343 e. The predicted octanol–water partition coefficient (Wildman–Crippen LogP) is 1.14. The van der Waals surface area contributed by atoms with Gasteiger partial charge in [-0.3, -0.25) is 0 Å². The Morgan fingerprint density at radius 2 is 1.46 bits per heavy atom. The highest BCUT2D eigenvalue weighted by Gasteiger charge is 2.15. The zero-order valence-electron chi connectivity index (χ0n) is 5.85. The molecular formula is C8H10O5. The SMILES string of the molecule is C.O=C(O)c1c(O)cc(O)cc1O. The van der Waals surface area contributed by atoms with Crippen molar-refractivity contribution in [3.8, 4) is 17.2 Å². The standard InChI is InChI=1S/C7H6O5.CH4/c8-3-1-4(9)6(7(11)12)5(10)2-3;/h1-2,8-10H,(H,11,12);1H4. The normalized spacial score (nSPS) is 8.92. The topological polar surface area (TPSA) is 98.0 Å². The smallest absolute Gasteiger partial charge is 0.343 e. The fourth-order valence-corrected chi connectivity index (χ4v) is 0.816. The van der Waals surface area contributed by atoms with Crippen molar-refractivity contribution in [3.05, 3.63) is 17.7 Å². The van der Waals surface area contributed by atoms with Crippen molar-refractivity contribution in [2.75, 3.05) is 0 Å². The molecule has 0 bridgehead atoms. The highest BCUT2D eigenvalue weighted by atomic mass is 16.4. The van der Waals surface area contributed by atoms with Gasteiger partial charge >= 0.3 is 5.97 Å². The molecule has 1 aromatic carbocycles. The number of aromatic hydroxyl groups is 3. The van der Waals surface area contributed by atoms with Crippen molar-refractivity contribution < 1.29 is 25.2 Å². The van der Waals surface area contributed by atoms with E-state index in [1.807, 2.05) is 0 Å². The molecular weight excluding hydrogens is 176 g/mol. The molecule has 1 rings (SSSR count). The van der Waals surface area contributed by atoms with Crippen LogP contribution in [0.2, 0.25) is 0 Å². The van der Waals surface area contributed by atoms with Crippen LogP contribution in [0, 0.1) is 0 Å². The van der Waals surface area contributed by atoms with E-state index in [0.717, 1.165) is 12.1 Å². The van der Waals surface area contributed by atoms with Gasteiger partial charge in [-0.15, -0.1) is 0 Å². The number of phenolic OH excluding ortho intramolecular Hbond substituents is 1. The van der Waals surface area contributed by atoms with E-state index in [2.05, 4.69) is 0 Å². The lowest BCUT2D eigenvalue weighted by Gasteiger charge is -2.02. The minimum atomic E-state index is -1.45. The molecule has 0 aromatic heterocycles. The summed E-state index contributed by atoms with van der Waals surface area (Å²) in [6.45, 7) is 0. The molecule has 13 heavy (non-hydrogen) atoms. The van der Waals surface area contributed by atoms with Crippen molar-refractivity contribution in [2.24, 2.45) is 0 Å². The van der Waals surface area contributed by atoms with Crippen molar-refractivity contribution in [2.45, 2.75) is 7.43 Å². The molecule has 0 radical (unpaired) electrons. The maximum absolute atomic E-state index is 10.4. The van der Waals surface area contributed by atoms with Crippen molar-refractivity contribution in [3.63, 3.8) is 0 Å². The minimum absolute atomic E-state index is 0. The number of phenols is 3. The Hall–Kier alpha value is -1.91. The third-order valence-electron chi connectivity index (χ3n) is 1.30. The van der Waals surface area contributed by atoms with E-state index in [1.54, 1.807) is 0 Å². The molecule has 1 aromatic rings. The fraction of sp³-hybridized carbons (Fsp3) is 0.125. The quantitative estimate of drug-likeness (QED) is 0.527. The molecule has 5 heteroatoms. The van der Waals surface area contributed by atoms with Crippen LogP contribution in [0.5, 0.6) is 17.2 Å². The summed E-state index contributed by atoms with van der Waals surface area (Å²) >= 11 is 0. The summed E-state index contributed by atoms with van der Waals surface area (Å²) in [4.78, 5) is 10.4. The number of aromatic carboxylic acids is 1. The van der Waals surface area contributed by atoms with E-state index in [4.69, 9.17) is 20.4 Å². The lowest BCUT2D eigenvalue weighted by Crippen LogP contribution is -1.96. The van der Waals surface area contributed by atoms with Crippen LogP contribution in [0.3, 0.4) is 0 Å². The number of hydrogen-bond donors (Lipinski definition) is 4. The second-order valence-electron chi connectivity index (χ2n) is 2.16. The van der Waals surface area contributed by atoms with Crippen LogP contribution in [-0.4, -0.2) is 26.4 Å². The van der Waals surface area contributed by atoms with Gasteiger partial charge in [0.25, 0.3) is 0 Å². The Kier molecular flexibility index (Phi) is 3.12. The van der Waals surface area contributed by atoms with Gasteiger partial charge in [-0.05, 0) is 0 Å². The van der Waals surface area contributed by atoms with Crippen molar-refractivity contribution in [1.29, 1.82) is 0 Å². The summed E-state index contributed by atoms with van der Waals surface area (Å²) in [7, 11) is 0. The van der Waals surface area contributed by atoms with E-state index in [1.165, 1.54) is 0 Å². The number of carbonyl (C=O) groups is 1. The Balaban J connectivity index is 0.00000144. The molecule has 0 saturated heterocycles. The summed E-state index contributed by atoms with van der Waals surface area (Å²) in [6.07, 6.45) is 0. The molecule has 0 fully saturated rings. The van der Waals surface area contributed by atoms with E-state index < -0.39 is 28.8 Å². The van der Waals surface area contributed by atoms with Crippen LogP contribution in [0.4, 0.5) is 0 Å². The van der Waals surface area contributed by atoms with Crippen LogP contribution < -0.4 is 0 Å². The predicted molar refractivity (Wildman–Crippen MR) is 45.1 cm³/mol. The fourth-order valence-electron chi connectivity index (χ4n) is 0.816. The second kappa shape index (κ2) is 3.66. The van der Waals surface area contributed by atoms with Crippen LogP contribution in [0.1, 0.15) is 17.8 Å². The average molecular weight is 186 g/mol. The summed E-state index contributed by atoms with van der Waals surface area (Å²) in [6, 6.07) is 1.67. The molecule has 0 unspecified atom stereocenters. The van der Waals surface area contributed by atoms with Gasteiger partial charge in [0.2, 0.25) is 0 Å². The van der Waals surface area contributed by atoms with E-state index in [0.29, 0.717) is 0 Å². The lowest BCUT2D eigenvalue weighted by molar-refractivity contribution is 0.0690. The first kappa shape index (κ1) is 11.1. The van der Waals surface area contributed by atoms with Gasteiger partial charge in [0.1, 0.15) is 22.8 Å². The molecule has 0 saturated carbocycles. The molecule has 0 aliphatic carbocycles. The number of carboxylic acids is 1. The maximum atomic E-state index is 10.4. The Bertz CT molecular complexity index is 308. The van der Waals surface area contributed by atoms with Crippen molar-refractivity contribution >= 4 is 5.97 Å². The number of carboxylic acid groups (broad SMARTS) is 1. The highest BCUT2D eigenvalue weighted by Crippen LogP contribution is 2.31. The second-order valence-corrected chi connectivity index (χ2v) is 2.16. The Morgan fingerprint density at radius 3 is 1.77 bits per heavy atom. The third kappa shape index (κ3) is 2.02. The molecule has 0 aliphatic rings. The zero-order valence-corrected chi connectivity index (χ0v) is 5.85. The first-order valence-electron chi connectivity index (χ1n) is 3.00. The number of benzene rings is 1. The minimum Gasteiger partial charge on any atom is -0.508 e. The molecule has 0 amide bonds. The molecule has 0 aliphatic heterocycles. The van der Waals surface area contributed by atoms with Crippen molar-refractivity contribution in [1.82, 2.24) is 0 Å². The van der Waals surface area contributed by atoms with Gasteiger partial charge in [0, 0.05) is 12.1 Å². The van der Waals surface area contributed by atoms with Crippen LogP contribution in [0.15, 0.2) is 12.1 Å². The van der Waals surface area contributed by atoms with Crippen LogP contribution >= 0.6 is 0 Å². The molecule has 5 nitrogen and oxygen atoms in total. The van der Waals surface area contributed by atoms with Gasteiger partial charge in [-0.1, -0.05) is 7.43 Å². The average Bonchev–Trinajstić information content (AvgIpc) is 1.82. The number of hydrogen-bond acceptors (Lipinski definition) is 4. The monoisotopic (exact) mass is 186 g/mol. The van der Waals surface area contributed by atoms with Gasteiger partial charge in [0.15, 0.2) is 0 Å². The Labute approximate surface area is 74.5 Å². The molecule has 72 valence electrons. The summed E-state index contributed by atoms with van der Waals surface area (Å²) in [5.41, 5.74) is -0.618. The number of rotatable bonds is 1. The van der Waals surface area contributed by atoms with E-state index >= 15 is 0 Å². The van der Waals surface area contributed by atoms with Crippen LogP contribution in [-0.2, 0) is 0 Å². The largest absolute Gasteiger partial charge is 0.508 e. The lowest BCUT2D eigenvalue weighted by atomic mass is 10.1. The van der Waals surface area contributed by atoms with Gasteiger partial charge in [0.05, 0.1) is 0 Å². The third-order valence-corrected chi connectivity index (χ3v) is 1.30. The summed E-state index contributed by atoms with van der Waals surface area (Å²) in [5.74, 6) is -3.18. The molecule has 0 atom stereocenters. The van der Waals surface area contributed by atoms with E-state index in [9.17, 15) is 4.79 Å². The summed E-state index contributed by atoms with van der Waals surface area (Å²) in [5, 5.41) is 35.1. The first-order valence-corrected chi connectivity index (χ1v) is 3.00. The van der Waals surface area contributed by atoms with E-state index in [-0.39, 0.29) is 7.43 Å². The van der Waals surface area contributed by atoms with Crippen LogP contribution in [0.25, 0.3) is 0 Å². The molecule has 4 N–H and O–H groups in total. The van der Waals surface area contributed by atoms with Gasteiger partial charge in [-0.25, -0.2) is 4.79 Å². The zero-order chi connectivity index (χ0) is 9.30. The summed E-state index contributed by atoms with van der Waals surface area (Å²) < 4.78 is 0. The molecule has 0 spiro atoms. The Morgan fingerprint density at radius 1 is 1.08 bits per heavy atom. The highest BCUT2D eigenvalue weighted by molar-refractivity contribution is 5.94. The van der Waals surface area contributed by atoms with Gasteiger partial charge < -0.3 is 20.4 Å².